The molecule has 30 heavy (non-hydrogen) atoms. The lowest BCUT2D eigenvalue weighted by atomic mass is 10.0. The van der Waals surface area contributed by atoms with Gasteiger partial charge in [-0.1, -0.05) is 6.07 Å². The van der Waals surface area contributed by atoms with E-state index in [1.54, 1.807) is 12.1 Å². The number of nitrogens with zero attached hydrogens (tertiary/aromatic N) is 4. The molecule has 1 unspecified atom stereocenters. The van der Waals surface area contributed by atoms with Crippen molar-refractivity contribution in [2.45, 2.75) is 25.8 Å². The standard InChI is InChI=1S/C21H29N5O3.HI/c1-5-22-21(26-9-8-16(14-26)17-12-24-25(2)13-17)23-11-15-6-7-19(28-3)18(10-15)20(27)29-4;/h6-7,10,12-13,16H,5,8-9,11,14H2,1-4H3,(H,22,23);1H. The molecule has 0 radical (unpaired) electrons. The van der Waals surface area contributed by atoms with E-state index in [0.717, 1.165) is 37.6 Å². The van der Waals surface area contributed by atoms with Crippen molar-refractivity contribution < 1.29 is 14.3 Å². The van der Waals surface area contributed by atoms with Gasteiger partial charge in [-0.3, -0.25) is 4.68 Å². The molecule has 0 bridgehead atoms. The van der Waals surface area contributed by atoms with E-state index in [4.69, 9.17) is 14.5 Å². The molecule has 0 aliphatic carbocycles. The van der Waals surface area contributed by atoms with Gasteiger partial charge in [-0.15, -0.1) is 24.0 Å². The quantitative estimate of drug-likeness (QED) is 0.270. The summed E-state index contributed by atoms with van der Waals surface area (Å²) in [7, 11) is 4.84. The summed E-state index contributed by atoms with van der Waals surface area (Å²) in [5, 5.41) is 7.67. The van der Waals surface area contributed by atoms with Crippen LogP contribution in [0.3, 0.4) is 0 Å². The van der Waals surface area contributed by atoms with Gasteiger partial charge in [0.15, 0.2) is 5.96 Å². The van der Waals surface area contributed by atoms with Gasteiger partial charge in [-0.25, -0.2) is 9.79 Å². The van der Waals surface area contributed by atoms with Gasteiger partial charge in [0.25, 0.3) is 0 Å². The summed E-state index contributed by atoms with van der Waals surface area (Å²) in [5.74, 6) is 1.42. The number of rotatable bonds is 6. The van der Waals surface area contributed by atoms with E-state index in [-0.39, 0.29) is 24.0 Å². The van der Waals surface area contributed by atoms with Crippen LogP contribution in [0.2, 0.25) is 0 Å². The molecule has 1 aromatic carbocycles. The Morgan fingerprint density at radius 2 is 2.17 bits per heavy atom. The van der Waals surface area contributed by atoms with Crippen molar-refractivity contribution in [1.82, 2.24) is 20.0 Å². The number of ether oxygens (including phenoxy) is 2. The Kier molecular flexibility index (Phi) is 8.94. The Labute approximate surface area is 194 Å². The number of hydrogen-bond donors (Lipinski definition) is 1. The predicted octanol–water partition coefficient (Wildman–Crippen LogP) is 2.79. The SMILES string of the molecule is CCNC(=NCc1ccc(OC)c(C(=O)OC)c1)N1CCC(c2cnn(C)c2)C1.I. The van der Waals surface area contributed by atoms with Crippen molar-refractivity contribution in [1.29, 1.82) is 0 Å². The number of carbonyl (C=O) groups excluding carboxylic acids is 1. The summed E-state index contributed by atoms with van der Waals surface area (Å²) in [4.78, 5) is 19.1. The highest BCUT2D eigenvalue weighted by molar-refractivity contribution is 14.0. The average molecular weight is 527 g/mol. The minimum absolute atomic E-state index is 0. The number of hydrogen-bond acceptors (Lipinski definition) is 5. The molecule has 1 saturated heterocycles. The summed E-state index contributed by atoms with van der Waals surface area (Å²) in [6.07, 6.45) is 5.11. The van der Waals surface area contributed by atoms with Gasteiger partial charge in [-0.05, 0) is 36.6 Å². The number of aryl methyl sites for hydroxylation is 1. The van der Waals surface area contributed by atoms with E-state index in [1.807, 2.05) is 24.0 Å². The third-order valence-electron chi connectivity index (χ3n) is 5.10. The van der Waals surface area contributed by atoms with Gasteiger partial charge in [-0.2, -0.15) is 5.10 Å². The Hall–Kier alpha value is -2.30. The van der Waals surface area contributed by atoms with Crippen molar-refractivity contribution >= 4 is 35.9 Å². The molecule has 8 nitrogen and oxygen atoms in total. The zero-order chi connectivity index (χ0) is 20.8. The number of guanidine groups is 1. The Bertz CT molecular complexity index is 883. The van der Waals surface area contributed by atoms with Crippen LogP contribution >= 0.6 is 24.0 Å². The normalized spacial score (nSPS) is 16.2. The fourth-order valence-electron chi connectivity index (χ4n) is 3.59. The maximum absolute atomic E-state index is 12.0. The number of likely N-dealkylation sites (tertiary alicyclic amines) is 1. The monoisotopic (exact) mass is 527 g/mol. The van der Waals surface area contributed by atoms with Crippen LogP contribution in [0.25, 0.3) is 0 Å². The third-order valence-corrected chi connectivity index (χ3v) is 5.10. The van der Waals surface area contributed by atoms with E-state index >= 15 is 0 Å². The van der Waals surface area contributed by atoms with Gasteiger partial charge in [0.2, 0.25) is 0 Å². The number of aromatic nitrogens is 2. The molecular weight excluding hydrogens is 497 g/mol. The first-order valence-corrected chi connectivity index (χ1v) is 9.82. The molecule has 1 aliphatic rings. The maximum atomic E-state index is 12.0. The van der Waals surface area contributed by atoms with Crippen LogP contribution in [0.1, 0.15) is 40.7 Å². The second-order valence-electron chi connectivity index (χ2n) is 7.08. The second kappa shape index (κ2) is 11.2. The summed E-state index contributed by atoms with van der Waals surface area (Å²) in [6.45, 7) is 5.18. The lowest BCUT2D eigenvalue weighted by Crippen LogP contribution is -2.40. The lowest BCUT2D eigenvalue weighted by Gasteiger charge is -2.21. The predicted molar refractivity (Wildman–Crippen MR) is 127 cm³/mol. The van der Waals surface area contributed by atoms with Crippen LogP contribution in [0, 0.1) is 0 Å². The van der Waals surface area contributed by atoms with Gasteiger partial charge >= 0.3 is 5.97 Å². The minimum atomic E-state index is -0.418. The van der Waals surface area contributed by atoms with Crippen molar-refractivity contribution in [3.05, 3.63) is 47.3 Å². The third kappa shape index (κ3) is 5.65. The Morgan fingerprint density at radius 3 is 2.80 bits per heavy atom. The molecule has 0 spiro atoms. The maximum Gasteiger partial charge on any atom is 0.341 e. The Balaban J connectivity index is 0.00000320. The minimum Gasteiger partial charge on any atom is -0.496 e. The van der Waals surface area contributed by atoms with Crippen LogP contribution in [0.4, 0.5) is 0 Å². The van der Waals surface area contributed by atoms with E-state index < -0.39 is 5.97 Å². The molecule has 1 aliphatic heterocycles. The fourth-order valence-corrected chi connectivity index (χ4v) is 3.59. The molecular formula is C21H30IN5O3. The number of halogens is 1. The lowest BCUT2D eigenvalue weighted by molar-refractivity contribution is 0.0597. The molecule has 1 fully saturated rings. The first-order chi connectivity index (χ1) is 14.0. The summed E-state index contributed by atoms with van der Waals surface area (Å²) in [6, 6.07) is 5.47. The molecule has 2 heterocycles. The van der Waals surface area contributed by atoms with Crippen LogP contribution in [-0.4, -0.2) is 60.5 Å². The first kappa shape index (κ1) is 24.0. The highest BCUT2D eigenvalue weighted by Crippen LogP contribution is 2.27. The summed E-state index contributed by atoms with van der Waals surface area (Å²) >= 11 is 0. The van der Waals surface area contributed by atoms with Crippen molar-refractivity contribution in [2.75, 3.05) is 33.9 Å². The molecule has 9 heteroatoms. The molecule has 164 valence electrons. The molecule has 0 amide bonds. The molecule has 3 rings (SSSR count). The fraction of sp³-hybridized carbons (Fsp3) is 0.476. The molecule has 2 aromatic rings. The Morgan fingerprint density at radius 1 is 1.37 bits per heavy atom. The van der Waals surface area contributed by atoms with Crippen LogP contribution in [-0.2, 0) is 18.3 Å². The number of benzene rings is 1. The van der Waals surface area contributed by atoms with Crippen molar-refractivity contribution in [3.63, 3.8) is 0 Å². The largest absolute Gasteiger partial charge is 0.496 e. The van der Waals surface area contributed by atoms with Crippen LogP contribution < -0.4 is 10.1 Å². The number of aliphatic imine (C=N–C) groups is 1. The molecule has 0 saturated carbocycles. The number of esters is 1. The highest BCUT2D eigenvalue weighted by atomic mass is 127. The molecule has 1 aromatic heterocycles. The van der Waals surface area contributed by atoms with Crippen molar-refractivity contribution in [3.8, 4) is 5.75 Å². The number of methoxy groups -OCH3 is 2. The molecule has 1 N–H and O–H groups in total. The zero-order valence-corrected chi connectivity index (χ0v) is 20.3. The van der Waals surface area contributed by atoms with E-state index in [0.29, 0.717) is 23.8 Å². The van der Waals surface area contributed by atoms with Gasteiger partial charge in [0.05, 0.1) is 27.0 Å². The zero-order valence-electron chi connectivity index (χ0n) is 17.9. The number of nitrogens with one attached hydrogen (secondary N) is 1. The summed E-state index contributed by atoms with van der Waals surface area (Å²) in [5.41, 5.74) is 2.60. The smallest absolute Gasteiger partial charge is 0.341 e. The van der Waals surface area contributed by atoms with Gasteiger partial charge in [0.1, 0.15) is 11.3 Å². The topological polar surface area (TPSA) is 81.0 Å². The number of carbonyl (C=O) groups is 1. The van der Waals surface area contributed by atoms with E-state index in [1.165, 1.54) is 19.8 Å². The first-order valence-electron chi connectivity index (χ1n) is 9.82. The van der Waals surface area contributed by atoms with E-state index in [9.17, 15) is 4.79 Å². The van der Waals surface area contributed by atoms with Gasteiger partial charge in [0, 0.05) is 38.8 Å². The van der Waals surface area contributed by atoms with Crippen LogP contribution in [0.15, 0.2) is 35.6 Å². The summed E-state index contributed by atoms with van der Waals surface area (Å²) < 4.78 is 12.0. The molecule has 1 atom stereocenters. The van der Waals surface area contributed by atoms with Crippen LogP contribution in [0.5, 0.6) is 5.75 Å². The second-order valence-corrected chi connectivity index (χ2v) is 7.08. The van der Waals surface area contributed by atoms with E-state index in [2.05, 4.69) is 28.4 Å². The average Bonchev–Trinajstić information content (AvgIpc) is 3.39. The highest BCUT2D eigenvalue weighted by Gasteiger charge is 2.27. The van der Waals surface area contributed by atoms with Crippen molar-refractivity contribution in [2.24, 2.45) is 12.0 Å². The van der Waals surface area contributed by atoms with Gasteiger partial charge < -0.3 is 19.7 Å².